The Balaban J connectivity index is 1.60. The number of hydrogen-bond donors (Lipinski definition) is 1. The third-order valence-corrected chi connectivity index (χ3v) is 5.66. The second kappa shape index (κ2) is 8.49. The van der Waals surface area contributed by atoms with E-state index < -0.39 is 0 Å². The van der Waals surface area contributed by atoms with E-state index in [4.69, 9.17) is 0 Å². The van der Waals surface area contributed by atoms with E-state index in [1.54, 1.807) is 29.4 Å². The molecule has 2 aromatic heterocycles. The first-order valence-electron chi connectivity index (χ1n) is 10.1. The average molecular weight is 401 g/mol. The Morgan fingerprint density at radius 1 is 1.13 bits per heavy atom. The SMILES string of the molecule is CC(c1cccnc1)N(C)C(=O)CCc1c(-c2ccccc2)[nH]c2ccc(F)cc12. The quantitative estimate of drug-likeness (QED) is 0.462. The number of carbonyl (C=O) groups is 1. The van der Waals surface area contributed by atoms with Crippen molar-refractivity contribution < 1.29 is 9.18 Å². The van der Waals surface area contributed by atoms with Crippen molar-refractivity contribution in [2.75, 3.05) is 7.05 Å². The molecule has 30 heavy (non-hydrogen) atoms. The number of nitrogens with one attached hydrogen (secondary N) is 1. The Morgan fingerprint density at radius 2 is 1.93 bits per heavy atom. The maximum atomic E-state index is 14.0. The summed E-state index contributed by atoms with van der Waals surface area (Å²) in [6, 6.07) is 18.5. The number of fused-ring (bicyclic) bond motifs is 1. The van der Waals surface area contributed by atoms with Crippen LogP contribution in [0.15, 0.2) is 73.1 Å². The largest absolute Gasteiger partial charge is 0.354 e. The van der Waals surface area contributed by atoms with Crippen molar-refractivity contribution in [1.29, 1.82) is 0 Å². The van der Waals surface area contributed by atoms with Gasteiger partial charge < -0.3 is 9.88 Å². The number of aromatic amines is 1. The number of aryl methyl sites for hydroxylation is 1. The lowest BCUT2D eigenvalue weighted by Gasteiger charge is -2.25. The summed E-state index contributed by atoms with van der Waals surface area (Å²) in [5.41, 5.74) is 4.79. The fourth-order valence-corrected chi connectivity index (χ4v) is 3.80. The molecule has 2 heterocycles. The van der Waals surface area contributed by atoms with E-state index >= 15 is 0 Å². The van der Waals surface area contributed by atoms with Crippen molar-refractivity contribution in [3.8, 4) is 11.3 Å². The molecule has 0 bridgehead atoms. The van der Waals surface area contributed by atoms with E-state index in [2.05, 4.69) is 9.97 Å². The maximum Gasteiger partial charge on any atom is 0.223 e. The summed E-state index contributed by atoms with van der Waals surface area (Å²) in [6.45, 7) is 1.99. The fraction of sp³-hybridized carbons (Fsp3) is 0.200. The molecule has 4 nitrogen and oxygen atoms in total. The fourth-order valence-electron chi connectivity index (χ4n) is 3.80. The van der Waals surface area contributed by atoms with Crippen LogP contribution in [0, 0.1) is 5.82 Å². The molecule has 4 aromatic rings. The lowest BCUT2D eigenvalue weighted by Crippen LogP contribution is -2.29. The van der Waals surface area contributed by atoms with Gasteiger partial charge in [0.05, 0.1) is 6.04 Å². The molecule has 4 rings (SSSR count). The van der Waals surface area contributed by atoms with Gasteiger partial charge in [-0.3, -0.25) is 9.78 Å². The van der Waals surface area contributed by atoms with Crippen LogP contribution in [0.4, 0.5) is 4.39 Å². The molecule has 0 spiro atoms. The van der Waals surface area contributed by atoms with Crippen LogP contribution in [0.2, 0.25) is 0 Å². The highest BCUT2D eigenvalue weighted by molar-refractivity contribution is 5.91. The Labute approximate surface area is 175 Å². The van der Waals surface area contributed by atoms with Gasteiger partial charge in [-0.15, -0.1) is 0 Å². The first kappa shape index (κ1) is 19.8. The molecule has 152 valence electrons. The van der Waals surface area contributed by atoms with E-state index in [0.717, 1.165) is 33.3 Å². The van der Waals surface area contributed by atoms with E-state index in [-0.39, 0.29) is 17.8 Å². The molecule has 5 heteroatoms. The van der Waals surface area contributed by atoms with Gasteiger partial charge in [-0.05, 0) is 54.3 Å². The third kappa shape index (κ3) is 3.96. The van der Waals surface area contributed by atoms with Gasteiger partial charge in [0.15, 0.2) is 0 Å². The van der Waals surface area contributed by atoms with Crippen molar-refractivity contribution in [2.24, 2.45) is 0 Å². The van der Waals surface area contributed by atoms with Crippen LogP contribution in [0.5, 0.6) is 0 Å². The first-order chi connectivity index (χ1) is 14.5. The molecular weight excluding hydrogens is 377 g/mol. The summed E-state index contributed by atoms with van der Waals surface area (Å²) in [5, 5.41) is 0.824. The van der Waals surface area contributed by atoms with Crippen LogP contribution in [-0.4, -0.2) is 27.8 Å². The lowest BCUT2D eigenvalue weighted by molar-refractivity contribution is -0.131. The topological polar surface area (TPSA) is 49.0 Å². The number of hydrogen-bond acceptors (Lipinski definition) is 2. The Morgan fingerprint density at radius 3 is 2.67 bits per heavy atom. The van der Waals surface area contributed by atoms with E-state index in [1.165, 1.54) is 6.07 Å². The van der Waals surface area contributed by atoms with Gasteiger partial charge in [0.1, 0.15) is 5.82 Å². The first-order valence-corrected chi connectivity index (χ1v) is 10.1. The molecule has 0 fully saturated rings. The Bertz CT molecular complexity index is 1160. The Hall–Kier alpha value is -3.47. The van der Waals surface area contributed by atoms with E-state index in [0.29, 0.717) is 12.8 Å². The van der Waals surface area contributed by atoms with Crippen molar-refractivity contribution in [2.45, 2.75) is 25.8 Å². The zero-order valence-electron chi connectivity index (χ0n) is 17.1. The number of amides is 1. The maximum absolute atomic E-state index is 14.0. The van der Waals surface area contributed by atoms with Gasteiger partial charge in [0.25, 0.3) is 0 Å². The van der Waals surface area contributed by atoms with Crippen molar-refractivity contribution in [3.05, 3.63) is 90.0 Å². The zero-order valence-corrected chi connectivity index (χ0v) is 17.1. The molecule has 1 atom stereocenters. The number of benzene rings is 2. The summed E-state index contributed by atoms with van der Waals surface area (Å²) in [6.07, 6.45) is 4.37. The van der Waals surface area contributed by atoms with Gasteiger partial charge in [-0.25, -0.2) is 4.39 Å². The molecule has 0 aliphatic heterocycles. The molecular formula is C25H24FN3O. The summed E-state index contributed by atoms with van der Waals surface area (Å²) in [4.78, 5) is 22.2. The molecule has 0 radical (unpaired) electrons. The number of halogens is 1. The molecule has 0 saturated carbocycles. The summed E-state index contributed by atoms with van der Waals surface area (Å²) in [5.74, 6) is -0.243. The van der Waals surface area contributed by atoms with Crippen LogP contribution in [0.3, 0.4) is 0 Å². The number of aromatic nitrogens is 2. The van der Waals surface area contributed by atoms with Crippen LogP contribution in [0.1, 0.15) is 30.5 Å². The van der Waals surface area contributed by atoms with E-state index in [1.807, 2.05) is 56.4 Å². The highest BCUT2D eigenvalue weighted by Gasteiger charge is 2.20. The van der Waals surface area contributed by atoms with Crippen molar-refractivity contribution >= 4 is 16.8 Å². The number of H-pyrrole nitrogens is 1. The molecule has 1 N–H and O–H groups in total. The molecule has 0 aliphatic rings. The minimum atomic E-state index is -0.281. The summed E-state index contributed by atoms with van der Waals surface area (Å²) < 4.78 is 14.0. The number of nitrogens with zero attached hydrogens (tertiary/aromatic N) is 2. The van der Waals surface area contributed by atoms with Gasteiger partial charge in [-0.1, -0.05) is 36.4 Å². The average Bonchev–Trinajstić information content (AvgIpc) is 3.15. The predicted octanol–water partition coefficient (Wildman–Crippen LogP) is 5.52. The van der Waals surface area contributed by atoms with Crippen LogP contribution < -0.4 is 0 Å². The molecule has 2 aromatic carbocycles. The van der Waals surface area contributed by atoms with Gasteiger partial charge in [0, 0.05) is 42.5 Å². The highest BCUT2D eigenvalue weighted by atomic mass is 19.1. The van der Waals surface area contributed by atoms with Gasteiger partial charge in [-0.2, -0.15) is 0 Å². The smallest absolute Gasteiger partial charge is 0.223 e. The Kier molecular flexibility index (Phi) is 5.61. The standard InChI is InChI=1S/C25H24FN3O/c1-17(19-9-6-14-27-16-19)29(2)24(30)13-11-21-22-15-20(26)10-12-23(22)28-25(21)18-7-4-3-5-8-18/h3-10,12,14-17,28H,11,13H2,1-2H3. The van der Waals surface area contributed by atoms with Crippen LogP contribution >= 0.6 is 0 Å². The third-order valence-electron chi connectivity index (χ3n) is 5.66. The molecule has 0 aliphatic carbocycles. The van der Waals surface area contributed by atoms with Crippen LogP contribution in [-0.2, 0) is 11.2 Å². The number of carbonyl (C=O) groups excluding carboxylic acids is 1. The second-order valence-corrected chi connectivity index (χ2v) is 7.50. The van der Waals surface area contributed by atoms with Crippen molar-refractivity contribution in [1.82, 2.24) is 14.9 Å². The molecule has 0 saturated heterocycles. The summed E-state index contributed by atoms with van der Waals surface area (Å²) >= 11 is 0. The second-order valence-electron chi connectivity index (χ2n) is 7.50. The van der Waals surface area contributed by atoms with E-state index in [9.17, 15) is 9.18 Å². The summed E-state index contributed by atoms with van der Waals surface area (Å²) in [7, 11) is 1.81. The minimum Gasteiger partial charge on any atom is -0.354 e. The van der Waals surface area contributed by atoms with Crippen LogP contribution in [0.25, 0.3) is 22.2 Å². The molecule has 1 amide bonds. The highest BCUT2D eigenvalue weighted by Crippen LogP contribution is 2.32. The van der Waals surface area contributed by atoms with Gasteiger partial charge >= 0.3 is 0 Å². The molecule has 1 unspecified atom stereocenters. The monoisotopic (exact) mass is 401 g/mol. The van der Waals surface area contributed by atoms with Gasteiger partial charge in [0.2, 0.25) is 5.91 Å². The zero-order chi connectivity index (χ0) is 21.1. The normalized spacial score (nSPS) is 12.1. The minimum absolute atomic E-state index is 0.0381. The lowest BCUT2D eigenvalue weighted by atomic mass is 10.0. The number of rotatable bonds is 6. The number of pyridine rings is 1. The predicted molar refractivity (Wildman–Crippen MR) is 117 cm³/mol. The van der Waals surface area contributed by atoms with Crippen molar-refractivity contribution in [3.63, 3.8) is 0 Å².